The zero-order chi connectivity index (χ0) is 7.68. The third-order valence-corrected chi connectivity index (χ3v) is 1.77. The number of benzene rings is 1. The van der Waals surface area contributed by atoms with E-state index in [1.807, 2.05) is 18.2 Å². The summed E-state index contributed by atoms with van der Waals surface area (Å²) in [5.41, 5.74) is 0.927. The maximum absolute atomic E-state index is 5.51. The van der Waals surface area contributed by atoms with Crippen LogP contribution in [-0.4, -0.2) is 6.79 Å². The molecule has 11 heavy (non-hydrogen) atoms. The van der Waals surface area contributed by atoms with Gasteiger partial charge in [0.2, 0.25) is 6.79 Å². The zero-order valence-corrected chi connectivity index (χ0v) is 6.47. The minimum absolute atomic E-state index is 0.307. The molecule has 0 N–H and O–H groups in total. The molecular weight excluding hydrogens is 164 g/mol. The Hall–Kier alpha value is -0.890. The molecule has 0 saturated heterocycles. The first-order valence-corrected chi connectivity index (χ1v) is 3.67. The van der Waals surface area contributed by atoms with Gasteiger partial charge in [0.1, 0.15) is 0 Å². The molecule has 1 aliphatic heterocycles. The van der Waals surface area contributed by atoms with Crippen molar-refractivity contribution in [3.05, 3.63) is 29.6 Å². The van der Waals surface area contributed by atoms with Crippen LogP contribution in [0.4, 0.5) is 0 Å². The molecule has 0 atom stereocenters. The van der Waals surface area contributed by atoms with Crippen LogP contribution in [0.3, 0.4) is 0 Å². The van der Waals surface area contributed by atoms with Gasteiger partial charge >= 0.3 is 0 Å². The molecule has 0 aromatic heterocycles. The monoisotopic (exact) mass is 169 g/mol. The number of hydrogen-bond donors (Lipinski definition) is 0. The lowest BCUT2D eigenvalue weighted by atomic mass is 10.2. The van der Waals surface area contributed by atoms with Crippen LogP contribution in [0.5, 0.6) is 11.5 Å². The average Bonchev–Trinajstić information content (AvgIpc) is 2.50. The number of rotatable bonds is 1. The second-order valence-corrected chi connectivity index (χ2v) is 2.44. The van der Waals surface area contributed by atoms with Crippen LogP contribution in [0.25, 0.3) is 0 Å². The summed E-state index contributed by atoms with van der Waals surface area (Å²) in [6.45, 7) is 0.307. The van der Waals surface area contributed by atoms with Crippen LogP contribution in [-0.2, 0) is 0 Å². The Morgan fingerprint density at radius 1 is 1.27 bits per heavy atom. The summed E-state index contributed by atoms with van der Waals surface area (Å²) in [5, 5.41) is 0. The third-order valence-electron chi connectivity index (χ3n) is 1.52. The number of fused-ring (bicyclic) bond motifs is 1. The standard InChI is InChI=1S/C8H6ClO2/c9-4-6-1-2-7-8(3-6)11-5-10-7/h1-4H,5H2. The summed E-state index contributed by atoms with van der Waals surface area (Å²) in [5.74, 6) is 3.05. The molecular formula is C8H6ClO2. The van der Waals surface area contributed by atoms with Crippen LogP contribution >= 0.6 is 11.6 Å². The van der Waals surface area contributed by atoms with Crippen LogP contribution in [0.2, 0.25) is 0 Å². The minimum Gasteiger partial charge on any atom is -0.454 e. The molecule has 0 unspecified atom stereocenters. The van der Waals surface area contributed by atoms with Crippen LogP contribution in [0.1, 0.15) is 5.56 Å². The van der Waals surface area contributed by atoms with E-state index in [1.54, 1.807) is 0 Å². The van der Waals surface area contributed by atoms with Crippen LogP contribution < -0.4 is 9.47 Å². The maximum Gasteiger partial charge on any atom is 0.231 e. The van der Waals surface area contributed by atoms with Crippen molar-refractivity contribution >= 4 is 11.6 Å². The van der Waals surface area contributed by atoms with Crippen molar-refractivity contribution in [1.29, 1.82) is 0 Å². The second-order valence-electron chi connectivity index (χ2n) is 2.22. The van der Waals surface area contributed by atoms with Crippen molar-refractivity contribution in [2.45, 2.75) is 0 Å². The predicted molar refractivity (Wildman–Crippen MR) is 41.8 cm³/mol. The van der Waals surface area contributed by atoms with E-state index in [9.17, 15) is 0 Å². The summed E-state index contributed by atoms with van der Waals surface area (Å²) in [7, 11) is 0. The van der Waals surface area contributed by atoms with Gasteiger partial charge in [-0.3, -0.25) is 0 Å². The quantitative estimate of drug-likeness (QED) is 0.642. The summed E-state index contributed by atoms with van der Waals surface area (Å²) in [4.78, 5) is 0. The highest BCUT2D eigenvalue weighted by Crippen LogP contribution is 2.32. The lowest BCUT2D eigenvalue weighted by Gasteiger charge is -1.96. The maximum atomic E-state index is 5.51. The molecule has 0 spiro atoms. The molecule has 1 heterocycles. The molecule has 3 heteroatoms. The normalized spacial score (nSPS) is 13.5. The van der Waals surface area contributed by atoms with E-state index < -0.39 is 0 Å². The van der Waals surface area contributed by atoms with Crippen molar-refractivity contribution in [3.8, 4) is 11.5 Å². The third kappa shape index (κ3) is 1.14. The van der Waals surface area contributed by atoms with Crippen molar-refractivity contribution in [3.63, 3.8) is 0 Å². The van der Waals surface area contributed by atoms with Crippen LogP contribution in [0, 0.1) is 5.88 Å². The number of halogens is 1. The summed E-state index contributed by atoms with van der Waals surface area (Å²) >= 11 is 5.51. The molecule has 2 nitrogen and oxygen atoms in total. The molecule has 57 valence electrons. The summed E-state index contributed by atoms with van der Waals surface area (Å²) < 4.78 is 10.3. The van der Waals surface area contributed by atoms with E-state index >= 15 is 0 Å². The summed E-state index contributed by atoms with van der Waals surface area (Å²) in [6.07, 6.45) is 0. The van der Waals surface area contributed by atoms with Gasteiger partial charge in [0.05, 0.1) is 5.88 Å². The molecule has 1 radical (unpaired) electrons. The zero-order valence-electron chi connectivity index (χ0n) is 5.71. The molecule has 0 fully saturated rings. The topological polar surface area (TPSA) is 18.5 Å². The first-order chi connectivity index (χ1) is 5.40. The first-order valence-electron chi connectivity index (χ1n) is 3.23. The molecule has 1 aliphatic rings. The Morgan fingerprint density at radius 3 is 2.91 bits per heavy atom. The highest BCUT2D eigenvalue weighted by molar-refractivity contribution is 6.25. The molecule has 1 aromatic rings. The van der Waals surface area contributed by atoms with E-state index in [-0.39, 0.29) is 0 Å². The van der Waals surface area contributed by atoms with Crippen molar-refractivity contribution < 1.29 is 9.47 Å². The van der Waals surface area contributed by atoms with Crippen molar-refractivity contribution in [2.24, 2.45) is 0 Å². The fourth-order valence-corrected chi connectivity index (χ4v) is 1.12. The van der Waals surface area contributed by atoms with Gasteiger partial charge in [-0.25, -0.2) is 0 Å². The van der Waals surface area contributed by atoms with Crippen molar-refractivity contribution in [2.75, 3.05) is 6.79 Å². The second kappa shape index (κ2) is 2.62. The first kappa shape index (κ1) is 6.80. The van der Waals surface area contributed by atoms with Gasteiger partial charge in [-0.15, -0.1) is 11.6 Å². The van der Waals surface area contributed by atoms with Gasteiger partial charge in [0.15, 0.2) is 11.5 Å². The number of ether oxygens (including phenoxy) is 2. The molecule has 0 amide bonds. The van der Waals surface area contributed by atoms with Gasteiger partial charge < -0.3 is 9.47 Å². The fourth-order valence-electron chi connectivity index (χ4n) is 0.981. The predicted octanol–water partition coefficient (Wildman–Crippen LogP) is 2.16. The average molecular weight is 170 g/mol. The van der Waals surface area contributed by atoms with Gasteiger partial charge in [-0.05, 0) is 17.7 Å². The fraction of sp³-hybridized carbons (Fsp3) is 0.125. The summed E-state index contributed by atoms with van der Waals surface area (Å²) in [6, 6.07) is 5.56. The smallest absolute Gasteiger partial charge is 0.231 e. The lowest BCUT2D eigenvalue weighted by Crippen LogP contribution is -1.92. The highest BCUT2D eigenvalue weighted by atomic mass is 35.5. The minimum atomic E-state index is 0.307. The highest BCUT2D eigenvalue weighted by Gasteiger charge is 2.12. The SMILES string of the molecule is Cl[CH]c1ccc2c(c1)OCO2. The Bertz CT molecular complexity index is 273. The van der Waals surface area contributed by atoms with E-state index in [1.165, 1.54) is 5.88 Å². The molecule has 2 rings (SSSR count). The van der Waals surface area contributed by atoms with E-state index in [0.29, 0.717) is 6.79 Å². The molecule has 0 aliphatic carbocycles. The molecule has 1 aromatic carbocycles. The Labute approximate surface area is 69.7 Å². The van der Waals surface area contributed by atoms with Gasteiger partial charge in [0, 0.05) is 0 Å². The van der Waals surface area contributed by atoms with E-state index in [2.05, 4.69) is 0 Å². The van der Waals surface area contributed by atoms with E-state index in [4.69, 9.17) is 21.1 Å². The van der Waals surface area contributed by atoms with Crippen molar-refractivity contribution in [1.82, 2.24) is 0 Å². The largest absolute Gasteiger partial charge is 0.454 e. The number of hydrogen-bond acceptors (Lipinski definition) is 2. The van der Waals surface area contributed by atoms with Gasteiger partial charge in [0.25, 0.3) is 0 Å². The Balaban J connectivity index is 2.41. The van der Waals surface area contributed by atoms with Gasteiger partial charge in [-0.1, -0.05) is 6.07 Å². The molecule has 0 saturated carbocycles. The lowest BCUT2D eigenvalue weighted by molar-refractivity contribution is 0.174. The van der Waals surface area contributed by atoms with E-state index in [0.717, 1.165) is 17.1 Å². The Kier molecular flexibility index (Phi) is 1.62. The Morgan fingerprint density at radius 2 is 2.09 bits per heavy atom. The van der Waals surface area contributed by atoms with Gasteiger partial charge in [-0.2, -0.15) is 0 Å². The molecule has 0 bridgehead atoms. The van der Waals surface area contributed by atoms with Crippen LogP contribution in [0.15, 0.2) is 18.2 Å².